The first-order chi connectivity index (χ1) is 11.6. The molecule has 0 aromatic heterocycles. The molecule has 2 heterocycles. The van der Waals surface area contributed by atoms with Crippen LogP contribution in [0.25, 0.3) is 0 Å². The second kappa shape index (κ2) is 8.32. The van der Waals surface area contributed by atoms with Gasteiger partial charge in [-0.05, 0) is 44.1 Å². The summed E-state index contributed by atoms with van der Waals surface area (Å²) in [7, 11) is 2.15. The number of piperazine rings is 1. The summed E-state index contributed by atoms with van der Waals surface area (Å²) in [6, 6.07) is 8.49. The highest BCUT2D eigenvalue weighted by atomic mass is 35.5. The fourth-order valence-electron chi connectivity index (χ4n) is 3.74. The van der Waals surface area contributed by atoms with E-state index in [-0.39, 0.29) is 0 Å². The van der Waals surface area contributed by atoms with Crippen LogP contribution in [0.5, 0.6) is 0 Å². The lowest BCUT2D eigenvalue weighted by atomic mass is 9.99. The molecule has 4 nitrogen and oxygen atoms in total. The quantitative estimate of drug-likeness (QED) is 0.836. The van der Waals surface area contributed by atoms with Crippen LogP contribution in [0.2, 0.25) is 5.02 Å². The monoisotopic (exact) mass is 349 g/mol. The van der Waals surface area contributed by atoms with E-state index < -0.39 is 0 Å². The van der Waals surface area contributed by atoms with Gasteiger partial charge in [0.05, 0.1) is 0 Å². The van der Waals surface area contributed by atoms with Crippen molar-refractivity contribution in [3.8, 4) is 0 Å². The lowest BCUT2D eigenvalue weighted by Gasteiger charge is -2.37. The number of carbonyl (C=O) groups excluding carboxylic acids is 1. The van der Waals surface area contributed by atoms with Crippen LogP contribution in [-0.2, 0) is 11.3 Å². The third kappa shape index (κ3) is 4.71. The molecule has 1 aromatic carbocycles. The maximum atomic E-state index is 12.6. The maximum Gasteiger partial charge on any atom is 0.224 e. The Balaban J connectivity index is 1.44. The molecule has 0 aliphatic carbocycles. The van der Waals surface area contributed by atoms with E-state index in [4.69, 9.17) is 11.6 Å². The van der Waals surface area contributed by atoms with Crippen LogP contribution in [0.1, 0.15) is 31.2 Å². The summed E-state index contributed by atoms with van der Waals surface area (Å²) < 4.78 is 0. The average Bonchev–Trinajstić information content (AvgIpc) is 2.59. The van der Waals surface area contributed by atoms with Crippen molar-refractivity contribution in [2.45, 2.75) is 38.3 Å². The Morgan fingerprint density at radius 2 is 1.79 bits per heavy atom. The second-order valence-corrected chi connectivity index (χ2v) is 7.55. The number of hydrogen-bond acceptors (Lipinski definition) is 3. The van der Waals surface area contributed by atoms with Crippen molar-refractivity contribution in [1.29, 1.82) is 0 Å². The maximum absolute atomic E-state index is 12.6. The van der Waals surface area contributed by atoms with Crippen LogP contribution >= 0.6 is 11.6 Å². The summed E-state index contributed by atoms with van der Waals surface area (Å²) in [4.78, 5) is 19.4. The Hall–Kier alpha value is -1.10. The standard InChI is InChI=1S/C19H28ClN3O/c1-21-9-3-2-4-18(21)14-19(24)23-12-10-22(11-13-23)15-16-5-7-17(20)8-6-16/h5-8,18H,2-4,9-15H2,1H3/t18-/m0/s1. The minimum absolute atomic E-state index is 0.333. The Bertz CT molecular complexity index is 540. The number of amides is 1. The van der Waals surface area contributed by atoms with Gasteiger partial charge in [0.25, 0.3) is 0 Å². The van der Waals surface area contributed by atoms with Gasteiger partial charge in [0.2, 0.25) is 5.91 Å². The van der Waals surface area contributed by atoms with Crippen molar-refractivity contribution in [3.63, 3.8) is 0 Å². The van der Waals surface area contributed by atoms with Crippen LogP contribution in [-0.4, -0.2) is 66.4 Å². The van der Waals surface area contributed by atoms with E-state index in [2.05, 4.69) is 33.9 Å². The fourth-order valence-corrected chi connectivity index (χ4v) is 3.86. The van der Waals surface area contributed by atoms with Gasteiger partial charge in [-0.2, -0.15) is 0 Å². The molecule has 1 amide bonds. The Morgan fingerprint density at radius 3 is 2.46 bits per heavy atom. The Kier molecular flexibility index (Phi) is 6.14. The highest BCUT2D eigenvalue weighted by Crippen LogP contribution is 2.19. The molecule has 5 heteroatoms. The summed E-state index contributed by atoms with van der Waals surface area (Å²) in [6.07, 6.45) is 4.38. The molecule has 2 saturated heterocycles. The molecular formula is C19H28ClN3O. The van der Waals surface area contributed by atoms with Gasteiger partial charge in [-0.25, -0.2) is 0 Å². The highest BCUT2D eigenvalue weighted by molar-refractivity contribution is 6.30. The van der Waals surface area contributed by atoms with E-state index in [0.29, 0.717) is 18.4 Å². The van der Waals surface area contributed by atoms with E-state index in [1.54, 1.807) is 0 Å². The second-order valence-electron chi connectivity index (χ2n) is 7.12. The van der Waals surface area contributed by atoms with Crippen molar-refractivity contribution < 1.29 is 4.79 Å². The average molecular weight is 350 g/mol. The molecule has 0 N–H and O–H groups in total. The van der Waals surface area contributed by atoms with Crippen LogP contribution in [0.3, 0.4) is 0 Å². The number of hydrogen-bond donors (Lipinski definition) is 0. The van der Waals surface area contributed by atoms with Crippen LogP contribution < -0.4 is 0 Å². The predicted octanol–water partition coefficient (Wildman–Crippen LogP) is 2.86. The van der Waals surface area contributed by atoms with Crippen molar-refractivity contribution in [3.05, 3.63) is 34.9 Å². The highest BCUT2D eigenvalue weighted by Gasteiger charge is 2.26. The number of carbonyl (C=O) groups is 1. The number of halogens is 1. The molecule has 0 saturated carbocycles. The molecule has 2 aliphatic heterocycles. The third-order valence-corrected chi connectivity index (χ3v) is 5.63. The zero-order valence-corrected chi connectivity index (χ0v) is 15.3. The van der Waals surface area contributed by atoms with Gasteiger partial charge < -0.3 is 9.80 Å². The molecule has 2 aliphatic rings. The van der Waals surface area contributed by atoms with Gasteiger partial charge in [-0.15, -0.1) is 0 Å². The fraction of sp³-hybridized carbons (Fsp3) is 0.632. The van der Waals surface area contributed by atoms with Crippen molar-refractivity contribution >= 4 is 17.5 Å². The predicted molar refractivity (Wildman–Crippen MR) is 98.2 cm³/mol. The van der Waals surface area contributed by atoms with Gasteiger partial charge in [0.1, 0.15) is 0 Å². The summed E-state index contributed by atoms with van der Waals surface area (Å²) in [5, 5.41) is 0.779. The molecular weight excluding hydrogens is 322 g/mol. The molecule has 132 valence electrons. The molecule has 1 atom stereocenters. The first kappa shape index (κ1) is 17.7. The normalized spacial score (nSPS) is 23.4. The summed E-state index contributed by atoms with van der Waals surface area (Å²) in [6.45, 7) is 5.67. The minimum atomic E-state index is 0.333. The summed E-state index contributed by atoms with van der Waals surface area (Å²) >= 11 is 5.94. The van der Waals surface area contributed by atoms with Crippen LogP contribution in [0, 0.1) is 0 Å². The van der Waals surface area contributed by atoms with Gasteiger partial charge in [-0.3, -0.25) is 9.69 Å². The van der Waals surface area contributed by atoms with Gasteiger partial charge in [0.15, 0.2) is 0 Å². The van der Waals surface area contributed by atoms with Crippen LogP contribution in [0.15, 0.2) is 24.3 Å². The number of benzene rings is 1. The smallest absolute Gasteiger partial charge is 0.224 e. The molecule has 3 rings (SSSR count). The topological polar surface area (TPSA) is 26.8 Å². The number of piperidine rings is 1. The van der Waals surface area contributed by atoms with Crippen molar-refractivity contribution in [2.75, 3.05) is 39.8 Å². The summed E-state index contributed by atoms with van der Waals surface area (Å²) in [5.41, 5.74) is 1.28. The lowest BCUT2D eigenvalue weighted by molar-refractivity contribution is -0.134. The third-order valence-electron chi connectivity index (χ3n) is 5.38. The zero-order valence-electron chi connectivity index (χ0n) is 14.6. The van der Waals surface area contributed by atoms with Gasteiger partial charge in [-0.1, -0.05) is 30.2 Å². The van der Waals surface area contributed by atoms with E-state index in [9.17, 15) is 4.79 Å². The Labute approximate surface area is 150 Å². The molecule has 0 bridgehead atoms. The molecule has 2 fully saturated rings. The Morgan fingerprint density at radius 1 is 1.08 bits per heavy atom. The van der Waals surface area contributed by atoms with E-state index in [0.717, 1.165) is 44.3 Å². The largest absolute Gasteiger partial charge is 0.340 e. The van der Waals surface area contributed by atoms with Crippen LogP contribution in [0.4, 0.5) is 0 Å². The molecule has 1 aromatic rings. The van der Waals surface area contributed by atoms with Crippen molar-refractivity contribution in [2.24, 2.45) is 0 Å². The number of rotatable bonds is 4. The van der Waals surface area contributed by atoms with Gasteiger partial charge >= 0.3 is 0 Å². The van der Waals surface area contributed by atoms with E-state index in [1.165, 1.54) is 24.8 Å². The van der Waals surface area contributed by atoms with Gasteiger partial charge in [0, 0.05) is 50.2 Å². The zero-order chi connectivity index (χ0) is 16.9. The van der Waals surface area contributed by atoms with E-state index >= 15 is 0 Å². The lowest BCUT2D eigenvalue weighted by Crippen LogP contribution is -2.50. The van der Waals surface area contributed by atoms with Crippen molar-refractivity contribution in [1.82, 2.24) is 14.7 Å². The first-order valence-corrected chi connectivity index (χ1v) is 9.44. The molecule has 0 unspecified atom stereocenters. The molecule has 0 spiro atoms. The minimum Gasteiger partial charge on any atom is -0.340 e. The SMILES string of the molecule is CN1CCCC[C@H]1CC(=O)N1CCN(Cc2ccc(Cl)cc2)CC1. The number of nitrogens with zero attached hydrogens (tertiary/aromatic N) is 3. The summed E-state index contributed by atoms with van der Waals surface area (Å²) in [5.74, 6) is 0.333. The molecule has 24 heavy (non-hydrogen) atoms. The molecule has 0 radical (unpaired) electrons. The number of likely N-dealkylation sites (tertiary alicyclic amines) is 1. The first-order valence-electron chi connectivity index (χ1n) is 9.06. The van der Waals surface area contributed by atoms with E-state index in [1.807, 2.05) is 12.1 Å².